The molecule has 5 heteroatoms. The van der Waals surface area contributed by atoms with Crippen LogP contribution in [0.3, 0.4) is 0 Å². The van der Waals surface area contributed by atoms with Gasteiger partial charge < -0.3 is 9.97 Å². The summed E-state index contributed by atoms with van der Waals surface area (Å²) in [6.07, 6.45) is 0. The maximum Gasteiger partial charge on any atom is 0.323 e. The predicted molar refractivity (Wildman–Crippen MR) is 38.8 cm³/mol. The van der Waals surface area contributed by atoms with Gasteiger partial charge in [-0.25, -0.2) is 13.6 Å². The summed E-state index contributed by atoms with van der Waals surface area (Å²) in [5.41, 5.74) is -0.409. The number of nitrogens with one attached hydrogen (secondary N) is 2. The Morgan fingerprint density at radius 3 is 2.67 bits per heavy atom. The molecule has 0 spiro atoms. The van der Waals surface area contributed by atoms with Gasteiger partial charge in [0.2, 0.25) is 0 Å². The lowest BCUT2D eigenvalue weighted by Crippen LogP contribution is -1.99. The van der Waals surface area contributed by atoms with E-state index in [4.69, 9.17) is 0 Å². The second-order valence-corrected chi connectivity index (χ2v) is 2.36. The van der Waals surface area contributed by atoms with E-state index in [-0.39, 0.29) is 11.0 Å². The molecule has 0 radical (unpaired) electrons. The highest BCUT2D eigenvalue weighted by molar-refractivity contribution is 5.74. The number of hydrogen-bond acceptors (Lipinski definition) is 1. The van der Waals surface area contributed by atoms with Crippen molar-refractivity contribution in [3.63, 3.8) is 0 Å². The van der Waals surface area contributed by atoms with Crippen molar-refractivity contribution in [2.24, 2.45) is 0 Å². The summed E-state index contributed by atoms with van der Waals surface area (Å²) in [6, 6.07) is 2.26. The van der Waals surface area contributed by atoms with Gasteiger partial charge in [-0.3, -0.25) is 0 Å². The summed E-state index contributed by atoms with van der Waals surface area (Å²) < 4.78 is 25.4. The van der Waals surface area contributed by atoms with E-state index in [9.17, 15) is 13.6 Å². The Morgan fingerprint density at radius 2 is 1.92 bits per heavy atom. The topological polar surface area (TPSA) is 48.6 Å². The van der Waals surface area contributed by atoms with Crippen molar-refractivity contribution in [2.75, 3.05) is 0 Å². The SMILES string of the molecule is O=c1[nH]c2ccc(F)c(F)c2[nH]1. The van der Waals surface area contributed by atoms with Gasteiger partial charge in [0.1, 0.15) is 5.52 Å². The number of halogens is 2. The monoisotopic (exact) mass is 170 g/mol. The highest BCUT2D eigenvalue weighted by Crippen LogP contribution is 2.14. The molecule has 0 aliphatic rings. The molecule has 0 unspecified atom stereocenters. The fraction of sp³-hybridized carbons (Fsp3) is 0. The number of aromatic amines is 2. The van der Waals surface area contributed by atoms with Gasteiger partial charge in [0.15, 0.2) is 11.6 Å². The molecule has 1 aromatic carbocycles. The molecule has 0 saturated heterocycles. The van der Waals surface area contributed by atoms with Crippen molar-refractivity contribution >= 4 is 11.0 Å². The van der Waals surface area contributed by atoms with E-state index in [2.05, 4.69) is 9.97 Å². The molecule has 1 aromatic heterocycles. The third-order valence-corrected chi connectivity index (χ3v) is 1.58. The number of fused-ring (bicyclic) bond motifs is 1. The van der Waals surface area contributed by atoms with Gasteiger partial charge in [-0.05, 0) is 12.1 Å². The minimum Gasteiger partial charge on any atom is -0.306 e. The fourth-order valence-electron chi connectivity index (χ4n) is 1.04. The van der Waals surface area contributed by atoms with Crippen LogP contribution < -0.4 is 5.69 Å². The van der Waals surface area contributed by atoms with E-state index in [0.29, 0.717) is 0 Å². The van der Waals surface area contributed by atoms with Gasteiger partial charge in [-0.1, -0.05) is 0 Å². The summed E-state index contributed by atoms with van der Waals surface area (Å²) in [4.78, 5) is 15.1. The molecule has 2 rings (SSSR count). The third-order valence-electron chi connectivity index (χ3n) is 1.58. The van der Waals surface area contributed by atoms with Crippen LogP contribution in [0.15, 0.2) is 16.9 Å². The molecule has 3 nitrogen and oxygen atoms in total. The van der Waals surface area contributed by atoms with Gasteiger partial charge >= 0.3 is 5.69 Å². The van der Waals surface area contributed by atoms with E-state index in [1.54, 1.807) is 0 Å². The Morgan fingerprint density at radius 1 is 1.17 bits per heavy atom. The van der Waals surface area contributed by atoms with E-state index >= 15 is 0 Å². The van der Waals surface area contributed by atoms with Crippen LogP contribution in [0.4, 0.5) is 8.78 Å². The standard InChI is InChI=1S/C7H4F2N2O/c8-3-1-2-4-6(5(3)9)11-7(12)10-4/h1-2H,(H2,10,11,12). The Balaban J connectivity index is 2.99. The van der Waals surface area contributed by atoms with E-state index in [0.717, 1.165) is 6.07 Å². The first kappa shape index (κ1) is 7.02. The molecule has 1 heterocycles. The zero-order valence-corrected chi connectivity index (χ0v) is 5.82. The van der Waals surface area contributed by atoms with Crippen molar-refractivity contribution in [1.82, 2.24) is 9.97 Å². The van der Waals surface area contributed by atoms with Gasteiger partial charge in [0, 0.05) is 0 Å². The van der Waals surface area contributed by atoms with Crippen molar-refractivity contribution in [1.29, 1.82) is 0 Å². The summed E-state index contributed by atoms with van der Waals surface area (Å²) in [5, 5.41) is 0. The Hall–Kier alpha value is -1.65. The van der Waals surface area contributed by atoms with Gasteiger partial charge in [0.05, 0.1) is 5.52 Å². The predicted octanol–water partition coefficient (Wildman–Crippen LogP) is 1.13. The summed E-state index contributed by atoms with van der Waals surface area (Å²) >= 11 is 0. The fourth-order valence-corrected chi connectivity index (χ4v) is 1.04. The molecule has 12 heavy (non-hydrogen) atoms. The molecule has 0 aliphatic carbocycles. The molecule has 2 aromatic rings. The first-order valence-corrected chi connectivity index (χ1v) is 3.24. The van der Waals surface area contributed by atoms with Crippen molar-refractivity contribution in [3.8, 4) is 0 Å². The quantitative estimate of drug-likeness (QED) is 0.611. The first-order chi connectivity index (χ1) is 5.68. The lowest BCUT2D eigenvalue weighted by atomic mass is 10.3. The zero-order chi connectivity index (χ0) is 8.72. The van der Waals surface area contributed by atoms with Crippen LogP contribution in [-0.4, -0.2) is 9.97 Å². The average molecular weight is 170 g/mol. The van der Waals surface area contributed by atoms with Crippen LogP contribution in [-0.2, 0) is 0 Å². The number of benzene rings is 1. The second kappa shape index (κ2) is 2.17. The van der Waals surface area contributed by atoms with Crippen LogP contribution in [0.25, 0.3) is 11.0 Å². The average Bonchev–Trinajstić information content (AvgIpc) is 2.39. The maximum atomic E-state index is 12.8. The molecule has 0 amide bonds. The molecule has 0 atom stereocenters. The van der Waals surface area contributed by atoms with Crippen LogP contribution in [0.2, 0.25) is 0 Å². The third kappa shape index (κ3) is 0.827. The molecular formula is C7H4F2N2O. The molecular weight excluding hydrogens is 166 g/mol. The lowest BCUT2D eigenvalue weighted by Gasteiger charge is -1.91. The molecule has 62 valence electrons. The van der Waals surface area contributed by atoms with Crippen LogP contribution in [0.1, 0.15) is 0 Å². The van der Waals surface area contributed by atoms with Gasteiger partial charge in [0.25, 0.3) is 0 Å². The summed E-state index contributed by atoms with van der Waals surface area (Å²) in [7, 11) is 0. The van der Waals surface area contributed by atoms with Crippen LogP contribution in [0, 0.1) is 11.6 Å². The smallest absolute Gasteiger partial charge is 0.306 e. The Labute approximate surface area is 65.0 Å². The number of hydrogen-bond donors (Lipinski definition) is 2. The first-order valence-electron chi connectivity index (χ1n) is 3.24. The van der Waals surface area contributed by atoms with E-state index in [1.807, 2.05) is 0 Å². The highest BCUT2D eigenvalue weighted by atomic mass is 19.2. The van der Waals surface area contributed by atoms with Crippen LogP contribution in [0.5, 0.6) is 0 Å². The maximum absolute atomic E-state index is 12.8. The largest absolute Gasteiger partial charge is 0.323 e. The number of aromatic nitrogens is 2. The minimum absolute atomic E-state index is 0.125. The summed E-state index contributed by atoms with van der Waals surface area (Å²) in [5.74, 6) is -2.01. The van der Waals surface area contributed by atoms with Crippen molar-refractivity contribution in [3.05, 3.63) is 34.3 Å². The molecule has 0 aliphatic heterocycles. The number of rotatable bonds is 0. The second-order valence-electron chi connectivity index (χ2n) is 2.36. The van der Waals surface area contributed by atoms with Crippen LogP contribution >= 0.6 is 0 Å². The summed E-state index contributed by atoms with van der Waals surface area (Å²) in [6.45, 7) is 0. The number of imidazole rings is 1. The van der Waals surface area contributed by atoms with Gasteiger partial charge in [-0.2, -0.15) is 0 Å². The van der Waals surface area contributed by atoms with Crippen molar-refractivity contribution in [2.45, 2.75) is 0 Å². The minimum atomic E-state index is -1.04. The van der Waals surface area contributed by atoms with E-state index in [1.165, 1.54) is 6.07 Å². The van der Waals surface area contributed by atoms with Gasteiger partial charge in [-0.15, -0.1) is 0 Å². The molecule has 2 N–H and O–H groups in total. The lowest BCUT2D eigenvalue weighted by molar-refractivity contribution is 0.515. The Kier molecular flexibility index (Phi) is 1.27. The number of H-pyrrole nitrogens is 2. The normalized spacial score (nSPS) is 10.8. The van der Waals surface area contributed by atoms with Crippen molar-refractivity contribution < 1.29 is 8.78 Å². The highest BCUT2D eigenvalue weighted by Gasteiger charge is 2.08. The Bertz CT molecular complexity index is 486. The molecule has 0 saturated carbocycles. The van der Waals surface area contributed by atoms with E-state index < -0.39 is 17.3 Å². The zero-order valence-electron chi connectivity index (χ0n) is 5.82. The molecule has 0 bridgehead atoms. The molecule has 0 fully saturated rings.